The van der Waals surface area contributed by atoms with Gasteiger partial charge in [0.05, 0.1) is 20.8 Å². The van der Waals surface area contributed by atoms with E-state index in [4.69, 9.17) is 18.0 Å². The molecule has 4 nitrogen and oxygen atoms in total. The van der Waals surface area contributed by atoms with Gasteiger partial charge in [0.15, 0.2) is 0 Å². The highest BCUT2D eigenvalue weighted by atomic mass is 79.9. The molecule has 0 aliphatic rings. The first kappa shape index (κ1) is 15.6. The van der Waals surface area contributed by atoms with E-state index in [0.29, 0.717) is 4.99 Å². The minimum Gasteiger partial charge on any atom is -0.393 e. The van der Waals surface area contributed by atoms with Crippen molar-refractivity contribution in [1.29, 1.82) is 0 Å². The van der Waals surface area contributed by atoms with Crippen LogP contribution in [0.2, 0.25) is 0 Å². The van der Waals surface area contributed by atoms with Crippen LogP contribution in [0.3, 0.4) is 0 Å². The zero-order chi connectivity index (χ0) is 13.7. The van der Waals surface area contributed by atoms with Crippen LogP contribution in [-0.2, 0) is 13.1 Å². The first-order valence-corrected chi connectivity index (χ1v) is 7.42. The van der Waals surface area contributed by atoms with Crippen molar-refractivity contribution in [3.63, 3.8) is 0 Å². The number of nitrogens with zero attached hydrogens (tertiary/aromatic N) is 3. The van der Waals surface area contributed by atoms with E-state index in [-0.39, 0.29) is 0 Å². The van der Waals surface area contributed by atoms with Crippen molar-refractivity contribution in [2.24, 2.45) is 5.73 Å². The van der Waals surface area contributed by atoms with Crippen molar-refractivity contribution in [3.8, 4) is 0 Å². The zero-order valence-electron chi connectivity index (χ0n) is 11.2. The van der Waals surface area contributed by atoms with Crippen molar-refractivity contribution in [3.05, 3.63) is 15.9 Å². The molecule has 2 N–H and O–H groups in total. The summed E-state index contributed by atoms with van der Waals surface area (Å²) in [6, 6.07) is 0. The molecule has 0 spiro atoms. The molecule has 0 fully saturated rings. The molecule has 0 aliphatic heterocycles. The molecule has 1 heterocycles. The minimum atomic E-state index is 0.577. The molecule has 0 saturated carbocycles. The van der Waals surface area contributed by atoms with Gasteiger partial charge in [-0.3, -0.25) is 9.58 Å². The summed E-state index contributed by atoms with van der Waals surface area (Å²) in [7, 11) is 0. The van der Waals surface area contributed by atoms with E-state index in [1.165, 1.54) is 5.69 Å². The Labute approximate surface area is 123 Å². The van der Waals surface area contributed by atoms with Crippen LogP contribution in [0.4, 0.5) is 0 Å². The van der Waals surface area contributed by atoms with E-state index >= 15 is 0 Å². The highest BCUT2D eigenvalue weighted by Crippen LogP contribution is 2.22. The molecule has 102 valence electrons. The van der Waals surface area contributed by atoms with Gasteiger partial charge < -0.3 is 5.73 Å². The van der Waals surface area contributed by atoms with E-state index in [1.54, 1.807) is 0 Å². The zero-order valence-corrected chi connectivity index (χ0v) is 13.6. The number of thiocarbonyl (C=S) groups is 1. The van der Waals surface area contributed by atoms with Crippen LogP contribution in [0.15, 0.2) is 4.47 Å². The summed E-state index contributed by atoms with van der Waals surface area (Å²) in [4.78, 5) is 2.90. The van der Waals surface area contributed by atoms with Gasteiger partial charge >= 0.3 is 0 Å². The predicted octanol–water partition coefficient (Wildman–Crippen LogP) is 2.47. The summed E-state index contributed by atoms with van der Waals surface area (Å²) in [6.45, 7) is 9.89. The van der Waals surface area contributed by atoms with Gasteiger partial charge in [-0.2, -0.15) is 5.10 Å². The molecule has 6 heteroatoms. The second-order valence-electron chi connectivity index (χ2n) is 4.25. The highest BCUT2D eigenvalue weighted by Gasteiger charge is 2.14. The predicted molar refractivity (Wildman–Crippen MR) is 82.7 cm³/mol. The average molecular weight is 333 g/mol. The van der Waals surface area contributed by atoms with Gasteiger partial charge in [-0.1, -0.05) is 19.1 Å². The summed E-state index contributed by atoms with van der Waals surface area (Å²) >= 11 is 8.55. The van der Waals surface area contributed by atoms with Gasteiger partial charge in [-0.05, 0) is 36.3 Å². The molecule has 0 bridgehead atoms. The van der Waals surface area contributed by atoms with Crippen LogP contribution in [-0.4, -0.2) is 32.8 Å². The van der Waals surface area contributed by atoms with E-state index in [9.17, 15) is 0 Å². The molecule has 0 radical (unpaired) electrons. The Hall–Kier alpha value is -0.460. The van der Waals surface area contributed by atoms with Gasteiger partial charge in [-0.15, -0.1) is 0 Å². The smallest absolute Gasteiger partial charge is 0.0740 e. The quantitative estimate of drug-likeness (QED) is 0.779. The van der Waals surface area contributed by atoms with Crippen molar-refractivity contribution < 1.29 is 0 Å². The standard InChI is InChI=1S/C12H21BrN4S/c1-4-16(7-6-11(14)18)8-10-12(13)9(3)15-17(10)5-2/h4-8H2,1-3H3,(H2,14,18). The number of hydrogen-bond acceptors (Lipinski definition) is 3. The third-order valence-electron chi connectivity index (χ3n) is 2.95. The van der Waals surface area contributed by atoms with Crippen LogP contribution in [0.25, 0.3) is 0 Å². The fraction of sp³-hybridized carbons (Fsp3) is 0.667. The Balaban J connectivity index is 2.77. The molecule has 0 aromatic carbocycles. The highest BCUT2D eigenvalue weighted by molar-refractivity contribution is 9.10. The Bertz CT molecular complexity index is 416. The minimum absolute atomic E-state index is 0.577. The fourth-order valence-electron chi connectivity index (χ4n) is 1.85. The number of nitrogens with two attached hydrogens (primary N) is 1. The molecule has 0 aliphatic carbocycles. The Morgan fingerprint density at radius 1 is 1.50 bits per heavy atom. The molecule has 0 unspecified atom stereocenters. The molecule has 1 rings (SSSR count). The fourth-order valence-corrected chi connectivity index (χ4v) is 2.35. The molecular weight excluding hydrogens is 312 g/mol. The first-order chi connectivity index (χ1) is 8.49. The maximum atomic E-state index is 5.56. The van der Waals surface area contributed by atoms with Crippen LogP contribution >= 0.6 is 28.1 Å². The second kappa shape index (κ2) is 7.21. The summed E-state index contributed by atoms with van der Waals surface area (Å²) in [5, 5.41) is 4.50. The molecule has 0 atom stereocenters. The molecule has 1 aromatic heterocycles. The summed E-state index contributed by atoms with van der Waals surface area (Å²) < 4.78 is 3.15. The molecule has 1 aromatic rings. The van der Waals surface area contributed by atoms with Crippen LogP contribution in [0.1, 0.15) is 31.7 Å². The first-order valence-electron chi connectivity index (χ1n) is 6.22. The number of aryl methyl sites for hydroxylation is 2. The van der Waals surface area contributed by atoms with Crippen molar-refractivity contribution in [2.75, 3.05) is 13.1 Å². The van der Waals surface area contributed by atoms with Gasteiger partial charge in [0, 0.05) is 26.1 Å². The Morgan fingerprint density at radius 2 is 2.17 bits per heavy atom. The normalized spacial score (nSPS) is 11.2. The van der Waals surface area contributed by atoms with Crippen LogP contribution < -0.4 is 5.73 Å². The SMILES string of the molecule is CCN(CCC(N)=S)Cc1c(Br)c(C)nn1CC. The second-order valence-corrected chi connectivity index (χ2v) is 5.56. The third kappa shape index (κ3) is 4.03. The summed E-state index contributed by atoms with van der Waals surface area (Å²) in [5.74, 6) is 0. The lowest BCUT2D eigenvalue weighted by molar-refractivity contribution is 0.278. The lowest BCUT2D eigenvalue weighted by Gasteiger charge is -2.20. The van der Waals surface area contributed by atoms with E-state index in [2.05, 4.69) is 39.8 Å². The Kier molecular flexibility index (Phi) is 6.25. The lowest BCUT2D eigenvalue weighted by Crippen LogP contribution is -2.28. The molecular formula is C12H21BrN4S. The number of rotatable bonds is 7. The van der Waals surface area contributed by atoms with Crippen LogP contribution in [0, 0.1) is 6.92 Å². The summed E-state index contributed by atoms with van der Waals surface area (Å²) in [5.41, 5.74) is 7.82. The van der Waals surface area contributed by atoms with Gasteiger partial charge in [0.1, 0.15) is 0 Å². The van der Waals surface area contributed by atoms with Crippen molar-refractivity contribution in [2.45, 2.75) is 40.3 Å². The van der Waals surface area contributed by atoms with Crippen molar-refractivity contribution >= 4 is 33.1 Å². The van der Waals surface area contributed by atoms with Gasteiger partial charge in [0.25, 0.3) is 0 Å². The van der Waals surface area contributed by atoms with E-state index in [1.807, 2.05) is 11.6 Å². The maximum absolute atomic E-state index is 5.56. The molecule has 18 heavy (non-hydrogen) atoms. The third-order valence-corrected chi connectivity index (χ3v) is 4.18. The largest absolute Gasteiger partial charge is 0.393 e. The lowest BCUT2D eigenvalue weighted by atomic mass is 10.3. The van der Waals surface area contributed by atoms with E-state index < -0.39 is 0 Å². The van der Waals surface area contributed by atoms with Crippen molar-refractivity contribution in [1.82, 2.24) is 14.7 Å². The number of aromatic nitrogens is 2. The Morgan fingerprint density at radius 3 is 2.67 bits per heavy atom. The van der Waals surface area contributed by atoms with E-state index in [0.717, 1.165) is 42.8 Å². The number of hydrogen-bond donors (Lipinski definition) is 1. The maximum Gasteiger partial charge on any atom is 0.0740 e. The topological polar surface area (TPSA) is 47.1 Å². The van der Waals surface area contributed by atoms with Gasteiger partial charge in [0.2, 0.25) is 0 Å². The van der Waals surface area contributed by atoms with Crippen LogP contribution in [0.5, 0.6) is 0 Å². The number of halogens is 1. The summed E-state index contributed by atoms with van der Waals surface area (Å²) in [6.07, 6.45) is 0.764. The molecule has 0 amide bonds. The molecule has 0 saturated heterocycles. The average Bonchev–Trinajstić information content (AvgIpc) is 2.61. The van der Waals surface area contributed by atoms with Gasteiger partial charge in [-0.25, -0.2) is 0 Å². The monoisotopic (exact) mass is 332 g/mol.